The van der Waals surface area contributed by atoms with Gasteiger partial charge in [-0.05, 0) is 22.6 Å². The molecule has 1 aliphatic rings. The third-order valence-electron chi connectivity index (χ3n) is 1.92. The third-order valence-corrected chi connectivity index (χ3v) is 2.81. The summed E-state index contributed by atoms with van der Waals surface area (Å²) < 4.78 is 2.77. The molecule has 1 saturated heterocycles. The van der Waals surface area contributed by atoms with Crippen molar-refractivity contribution in [3.05, 3.63) is 0 Å². The fourth-order valence-electron chi connectivity index (χ4n) is 1.11. The number of aliphatic hydroxyl groups is 5. The average Bonchev–Trinajstić information content (AvgIpc) is 2.08. The number of halogens is 1. The molecule has 0 bridgehead atoms. The van der Waals surface area contributed by atoms with Crippen LogP contribution in [0.25, 0.3) is 0 Å². The fraction of sp³-hybridized carbons (Fsp3) is 1.00. The van der Waals surface area contributed by atoms with Gasteiger partial charge in [-0.3, -0.25) is 0 Å². The summed E-state index contributed by atoms with van der Waals surface area (Å²) >= 11 is 1.38. The van der Waals surface area contributed by atoms with Gasteiger partial charge in [0.05, 0.1) is 6.61 Å². The SMILES string of the molecule is OCC1OC(O)(I)C(O)C(O)C1O. The minimum Gasteiger partial charge on any atom is -0.394 e. The summed E-state index contributed by atoms with van der Waals surface area (Å²) in [6.45, 7) is -0.545. The minimum atomic E-state index is -1.98. The molecule has 13 heavy (non-hydrogen) atoms. The van der Waals surface area contributed by atoms with Crippen LogP contribution in [0.5, 0.6) is 0 Å². The van der Waals surface area contributed by atoms with Crippen molar-refractivity contribution in [3.63, 3.8) is 0 Å². The second-order valence-electron chi connectivity index (χ2n) is 2.87. The molecule has 1 aliphatic heterocycles. The monoisotopic (exact) mass is 306 g/mol. The van der Waals surface area contributed by atoms with Crippen LogP contribution in [0.3, 0.4) is 0 Å². The van der Waals surface area contributed by atoms with Gasteiger partial charge in [-0.2, -0.15) is 0 Å². The number of hydrogen-bond acceptors (Lipinski definition) is 6. The molecule has 1 heterocycles. The molecule has 0 aliphatic carbocycles. The molecule has 0 aromatic heterocycles. The molecular weight excluding hydrogens is 295 g/mol. The maximum Gasteiger partial charge on any atom is 0.248 e. The van der Waals surface area contributed by atoms with E-state index in [-0.39, 0.29) is 0 Å². The summed E-state index contributed by atoms with van der Waals surface area (Å²) in [6.07, 6.45) is -5.64. The topological polar surface area (TPSA) is 110 Å². The van der Waals surface area contributed by atoms with Crippen molar-refractivity contribution in [2.75, 3.05) is 6.61 Å². The van der Waals surface area contributed by atoms with Crippen molar-refractivity contribution in [2.45, 2.75) is 28.2 Å². The van der Waals surface area contributed by atoms with Gasteiger partial charge in [0.15, 0.2) is 0 Å². The van der Waals surface area contributed by atoms with Crippen molar-refractivity contribution in [1.82, 2.24) is 0 Å². The lowest BCUT2D eigenvalue weighted by Gasteiger charge is -2.42. The van der Waals surface area contributed by atoms with Gasteiger partial charge in [0.1, 0.15) is 24.4 Å². The van der Waals surface area contributed by atoms with Crippen LogP contribution in [0.15, 0.2) is 0 Å². The Labute approximate surface area is 87.9 Å². The number of aliphatic hydroxyl groups excluding tert-OH is 4. The highest BCUT2D eigenvalue weighted by Gasteiger charge is 2.51. The number of hydrogen-bond donors (Lipinski definition) is 5. The van der Waals surface area contributed by atoms with Crippen LogP contribution < -0.4 is 0 Å². The van der Waals surface area contributed by atoms with Crippen LogP contribution in [0.1, 0.15) is 0 Å². The highest BCUT2D eigenvalue weighted by atomic mass is 127. The van der Waals surface area contributed by atoms with E-state index in [2.05, 4.69) is 0 Å². The van der Waals surface area contributed by atoms with Crippen molar-refractivity contribution in [3.8, 4) is 0 Å². The summed E-state index contributed by atoms with van der Waals surface area (Å²) in [6, 6.07) is 0. The zero-order valence-electron chi connectivity index (χ0n) is 6.54. The van der Waals surface area contributed by atoms with E-state index in [0.29, 0.717) is 0 Å². The Balaban J connectivity index is 2.79. The van der Waals surface area contributed by atoms with Gasteiger partial charge in [-0.25, -0.2) is 0 Å². The molecule has 5 unspecified atom stereocenters. The van der Waals surface area contributed by atoms with Crippen molar-refractivity contribution < 1.29 is 30.3 Å². The smallest absolute Gasteiger partial charge is 0.248 e. The van der Waals surface area contributed by atoms with Crippen LogP contribution in [-0.4, -0.2) is 60.3 Å². The van der Waals surface area contributed by atoms with E-state index in [1.165, 1.54) is 22.6 Å². The van der Waals surface area contributed by atoms with Gasteiger partial charge in [-0.15, -0.1) is 0 Å². The molecule has 0 aromatic rings. The largest absolute Gasteiger partial charge is 0.394 e. The van der Waals surface area contributed by atoms with E-state index in [0.717, 1.165) is 0 Å². The molecular formula is C6H11IO6. The highest BCUT2D eigenvalue weighted by Crippen LogP contribution is 2.32. The van der Waals surface area contributed by atoms with E-state index in [4.69, 9.17) is 9.84 Å². The molecule has 78 valence electrons. The first kappa shape index (κ1) is 11.6. The second kappa shape index (κ2) is 3.93. The molecule has 0 saturated carbocycles. The molecule has 1 rings (SSSR count). The Kier molecular flexibility index (Phi) is 3.49. The molecule has 1 fully saturated rings. The fourth-order valence-corrected chi connectivity index (χ4v) is 1.81. The van der Waals surface area contributed by atoms with E-state index >= 15 is 0 Å². The number of rotatable bonds is 1. The molecule has 6 nitrogen and oxygen atoms in total. The van der Waals surface area contributed by atoms with Crippen LogP contribution in [-0.2, 0) is 4.74 Å². The molecule has 5 N–H and O–H groups in total. The summed E-state index contributed by atoms with van der Waals surface area (Å²) in [4.78, 5) is 0. The van der Waals surface area contributed by atoms with Crippen LogP contribution in [0.4, 0.5) is 0 Å². The van der Waals surface area contributed by atoms with Crippen LogP contribution >= 0.6 is 22.6 Å². The van der Waals surface area contributed by atoms with E-state index in [9.17, 15) is 20.4 Å². The van der Waals surface area contributed by atoms with Crippen LogP contribution in [0, 0.1) is 0 Å². The van der Waals surface area contributed by atoms with E-state index < -0.39 is 34.8 Å². The quantitative estimate of drug-likeness (QED) is 0.271. The summed E-state index contributed by atoms with van der Waals surface area (Å²) in [5.41, 5.74) is 0. The van der Waals surface area contributed by atoms with Crippen molar-refractivity contribution in [1.29, 1.82) is 0 Å². The molecule has 5 atom stereocenters. The van der Waals surface area contributed by atoms with Crippen molar-refractivity contribution in [2.24, 2.45) is 0 Å². The Bertz CT molecular complexity index is 184. The van der Waals surface area contributed by atoms with Gasteiger partial charge in [-0.1, -0.05) is 0 Å². The van der Waals surface area contributed by atoms with Gasteiger partial charge in [0.2, 0.25) is 3.79 Å². The van der Waals surface area contributed by atoms with E-state index in [1.54, 1.807) is 0 Å². The maximum atomic E-state index is 9.36. The molecule has 0 aromatic carbocycles. The lowest BCUT2D eigenvalue weighted by atomic mass is 9.99. The first-order valence-corrected chi connectivity index (χ1v) is 4.72. The first-order valence-electron chi connectivity index (χ1n) is 3.64. The van der Waals surface area contributed by atoms with E-state index in [1.807, 2.05) is 0 Å². The number of alkyl halides is 1. The van der Waals surface area contributed by atoms with Crippen molar-refractivity contribution >= 4 is 22.6 Å². The second-order valence-corrected chi connectivity index (χ2v) is 4.42. The van der Waals surface area contributed by atoms with Gasteiger partial charge in [0, 0.05) is 0 Å². The lowest BCUT2D eigenvalue weighted by Crippen LogP contribution is -2.62. The normalized spacial score (nSPS) is 52.2. The Morgan fingerprint density at radius 2 is 1.77 bits per heavy atom. The zero-order valence-corrected chi connectivity index (χ0v) is 8.70. The molecule has 0 amide bonds. The van der Waals surface area contributed by atoms with Crippen LogP contribution in [0.2, 0.25) is 0 Å². The zero-order chi connectivity index (χ0) is 10.2. The third kappa shape index (κ3) is 2.12. The van der Waals surface area contributed by atoms with Gasteiger partial charge in [0.25, 0.3) is 0 Å². The highest BCUT2D eigenvalue weighted by molar-refractivity contribution is 14.1. The standard InChI is InChI=1S/C6H11IO6/c7-6(12)5(11)4(10)3(9)2(1-8)13-6/h2-5,8-12H,1H2. The first-order chi connectivity index (χ1) is 5.90. The minimum absolute atomic E-state index is 0.545. The average molecular weight is 306 g/mol. The van der Waals surface area contributed by atoms with Gasteiger partial charge < -0.3 is 30.3 Å². The predicted molar refractivity (Wildman–Crippen MR) is 48.9 cm³/mol. The summed E-state index contributed by atoms with van der Waals surface area (Å²) in [5, 5.41) is 45.7. The molecule has 0 spiro atoms. The summed E-state index contributed by atoms with van der Waals surface area (Å²) in [7, 11) is 0. The molecule has 7 heteroatoms. The predicted octanol–water partition coefficient (Wildman–Crippen LogP) is -2.46. The molecule has 0 radical (unpaired) electrons. The Morgan fingerprint density at radius 1 is 1.23 bits per heavy atom. The Hall–Kier alpha value is 0.490. The lowest BCUT2D eigenvalue weighted by molar-refractivity contribution is -0.296. The number of ether oxygens (including phenoxy) is 1. The maximum absolute atomic E-state index is 9.36. The summed E-state index contributed by atoms with van der Waals surface area (Å²) in [5.74, 6) is 0. The Morgan fingerprint density at radius 3 is 2.23 bits per heavy atom. The van der Waals surface area contributed by atoms with Gasteiger partial charge >= 0.3 is 0 Å².